The van der Waals surface area contributed by atoms with Gasteiger partial charge < -0.3 is 9.88 Å². The van der Waals surface area contributed by atoms with Crippen LogP contribution in [0.25, 0.3) is 17.2 Å². The molecule has 29 heavy (non-hydrogen) atoms. The van der Waals surface area contributed by atoms with Crippen LogP contribution in [0.1, 0.15) is 29.2 Å². The summed E-state index contributed by atoms with van der Waals surface area (Å²) < 4.78 is 3.77. The Labute approximate surface area is 168 Å². The Morgan fingerprint density at radius 3 is 2.79 bits per heavy atom. The van der Waals surface area contributed by atoms with Crippen molar-refractivity contribution >= 4 is 11.7 Å². The highest BCUT2D eigenvalue weighted by Crippen LogP contribution is 2.42. The van der Waals surface area contributed by atoms with E-state index in [1.54, 1.807) is 17.1 Å². The van der Waals surface area contributed by atoms with Crippen molar-refractivity contribution in [2.75, 3.05) is 5.32 Å². The van der Waals surface area contributed by atoms with E-state index in [0.717, 1.165) is 39.8 Å². The first-order valence-electron chi connectivity index (χ1n) is 9.50. The predicted octanol–water partition coefficient (Wildman–Crippen LogP) is 3.45. The molecular formula is C22H20N6O. The van der Waals surface area contributed by atoms with Crippen LogP contribution in [0.3, 0.4) is 0 Å². The topological polar surface area (TPSA) is 77.6 Å². The Morgan fingerprint density at radius 1 is 1.10 bits per heavy atom. The van der Waals surface area contributed by atoms with E-state index in [0.29, 0.717) is 6.42 Å². The number of pyridine rings is 2. The monoisotopic (exact) mass is 384 g/mol. The van der Waals surface area contributed by atoms with Gasteiger partial charge in [-0.25, -0.2) is 4.98 Å². The van der Waals surface area contributed by atoms with E-state index in [1.165, 1.54) is 0 Å². The first kappa shape index (κ1) is 17.4. The van der Waals surface area contributed by atoms with Crippen LogP contribution in [-0.2, 0) is 11.8 Å². The third-order valence-corrected chi connectivity index (χ3v) is 5.27. The van der Waals surface area contributed by atoms with Gasteiger partial charge in [0, 0.05) is 49.2 Å². The summed E-state index contributed by atoms with van der Waals surface area (Å²) in [4.78, 5) is 21.6. The van der Waals surface area contributed by atoms with Crippen LogP contribution in [0.15, 0.2) is 61.1 Å². The zero-order valence-corrected chi connectivity index (χ0v) is 16.2. The van der Waals surface area contributed by atoms with Gasteiger partial charge >= 0.3 is 0 Å². The van der Waals surface area contributed by atoms with Gasteiger partial charge in [0.2, 0.25) is 5.91 Å². The molecule has 1 amide bonds. The lowest BCUT2D eigenvalue weighted by atomic mass is 9.88. The highest BCUT2D eigenvalue weighted by Gasteiger charge is 2.35. The third kappa shape index (κ3) is 2.91. The number of carbonyl (C=O) groups is 1. The standard InChI is InChI=1S/C22H20N6O/c1-14-8-10-24-18(12-14)28-11-5-7-17(28)15-13-19(29)25-22-20(15)21(26-27(22)2)16-6-3-4-9-23-16/h3-12,15H,13H2,1-2H3,(H,25,29). The second-order valence-electron chi connectivity index (χ2n) is 7.25. The maximum atomic E-state index is 12.5. The summed E-state index contributed by atoms with van der Waals surface area (Å²) in [6, 6.07) is 13.8. The lowest BCUT2D eigenvalue weighted by molar-refractivity contribution is -0.116. The molecule has 7 heteroatoms. The van der Waals surface area contributed by atoms with Crippen molar-refractivity contribution in [2.24, 2.45) is 7.05 Å². The Hall–Kier alpha value is -3.74. The molecule has 0 saturated carbocycles. The summed E-state index contributed by atoms with van der Waals surface area (Å²) in [6.07, 6.45) is 5.89. The lowest BCUT2D eigenvalue weighted by Crippen LogP contribution is -2.25. The van der Waals surface area contributed by atoms with E-state index in [2.05, 4.69) is 25.0 Å². The number of rotatable bonds is 3. The number of anilines is 1. The molecule has 0 bridgehead atoms. The number of nitrogens with zero attached hydrogens (tertiary/aromatic N) is 5. The first-order valence-corrected chi connectivity index (χ1v) is 9.50. The summed E-state index contributed by atoms with van der Waals surface area (Å²) >= 11 is 0. The summed E-state index contributed by atoms with van der Waals surface area (Å²) in [5.74, 6) is 1.38. The molecule has 1 atom stereocenters. The number of aryl methyl sites for hydroxylation is 2. The van der Waals surface area contributed by atoms with E-state index in [1.807, 2.05) is 62.6 Å². The third-order valence-electron chi connectivity index (χ3n) is 5.27. The van der Waals surface area contributed by atoms with Gasteiger partial charge in [0.05, 0.1) is 5.69 Å². The molecule has 1 unspecified atom stereocenters. The minimum Gasteiger partial charge on any atom is -0.311 e. The largest absolute Gasteiger partial charge is 0.311 e. The molecule has 0 saturated heterocycles. The molecule has 0 radical (unpaired) electrons. The van der Waals surface area contributed by atoms with Crippen molar-refractivity contribution in [3.63, 3.8) is 0 Å². The second-order valence-corrected chi connectivity index (χ2v) is 7.25. The van der Waals surface area contributed by atoms with Crippen molar-refractivity contribution < 1.29 is 4.79 Å². The summed E-state index contributed by atoms with van der Waals surface area (Å²) in [6.45, 7) is 2.04. The van der Waals surface area contributed by atoms with Crippen LogP contribution in [0.5, 0.6) is 0 Å². The van der Waals surface area contributed by atoms with Gasteiger partial charge in [-0.05, 0) is 48.9 Å². The van der Waals surface area contributed by atoms with Crippen molar-refractivity contribution in [3.05, 3.63) is 77.9 Å². The molecule has 1 aliphatic rings. The average molecular weight is 384 g/mol. The van der Waals surface area contributed by atoms with Crippen LogP contribution in [0.4, 0.5) is 5.82 Å². The zero-order valence-electron chi connectivity index (χ0n) is 16.2. The molecule has 5 heterocycles. The predicted molar refractivity (Wildman–Crippen MR) is 110 cm³/mol. The molecule has 1 aliphatic heterocycles. The molecule has 0 fully saturated rings. The van der Waals surface area contributed by atoms with E-state index in [9.17, 15) is 4.79 Å². The van der Waals surface area contributed by atoms with Crippen molar-refractivity contribution in [1.82, 2.24) is 24.3 Å². The van der Waals surface area contributed by atoms with Gasteiger partial charge in [-0.15, -0.1) is 0 Å². The molecule has 144 valence electrons. The fraction of sp³-hybridized carbons (Fsp3) is 0.182. The summed E-state index contributed by atoms with van der Waals surface area (Å²) in [7, 11) is 1.84. The van der Waals surface area contributed by atoms with Crippen LogP contribution >= 0.6 is 0 Å². The maximum absolute atomic E-state index is 12.5. The van der Waals surface area contributed by atoms with E-state index in [-0.39, 0.29) is 11.8 Å². The number of nitrogens with one attached hydrogen (secondary N) is 1. The lowest BCUT2D eigenvalue weighted by Gasteiger charge is -2.25. The number of amides is 1. The molecule has 4 aromatic rings. The fourth-order valence-corrected chi connectivity index (χ4v) is 3.97. The quantitative estimate of drug-likeness (QED) is 0.587. The number of aromatic nitrogens is 5. The van der Waals surface area contributed by atoms with Gasteiger partial charge in [0.15, 0.2) is 0 Å². The van der Waals surface area contributed by atoms with Crippen molar-refractivity contribution in [2.45, 2.75) is 19.3 Å². The smallest absolute Gasteiger partial charge is 0.226 e. The highest BCUT2D eigenvalue weighted by molar-refractivity contribution is 5.96. The normalized spacial score (nSPS) is 15.8. The van der Waals surface area contributed by atoms with Gasteiger partial charge in [-0.3, -0.25) is 14.5 Å². The van der Waals surface area contributed by atoms with Gasteiger partial charge in [-0.2, -0.15) is 5.10 Å². The molecule has 0 spiro atoms. The van der Waals surface area contributed by atoms with Gasteiger partial charge in [-0.1, -0.05) is 6.07 Å². The van der Waals surface area contributed by atoms with E-state index < -0.39 is 0 Å². The Bertz CT molecular complexity index is 1210. The zero-order chi connectivity index (χ0) is 20.0. The van der Waals surface area contributed by atoms with E-state index >= 15 is 0 Å². The molecular weight excluding hydrogens is 364 g/mol. The molecule has 7 nitrogen and oxygen atoms in total. The number of carbonyl (C=O) groups excluding carboxylic acids is 1. The number of fused-ring (bicyclic) bond motifs is 1. The molecule has 0 aliphatic carbocycles. The van der Waals surface area contributed by atoms with E-state index in [4.69, 9.17) is 0 Å². The van der Waals surface area contributed by atoms with Crippen LogP contribution < -0.4 is 5.32 Å². The van der Waals surface area contributed by atoms with Crippen molar-refractivity contribution in [1.29, 1.82) is 0 Å². The molecule has 1 N–H and O–H groups in total. The van der Waals surface area contributed by atoms with Crippen LogP contribution in [-0.4, -0.2) is 30.2 Å². The minimum atomic E-state index is -0.151. The Morgan fingerprint density at radius 2 is 2.00 bits per heavy atom. The van der Waals surface area contributed by atoms with Crippen LogP contribution in [0, 0.1) is 6.92 Å². The summed E-state index contributed by atoms with van der Waals surface area (Å²) in [5, 5.41) is 7.68. The highest BCUT2D eigenvalue weighted by atomic mass is 16.1. The molecule has 4 aromatic heterocycles. The Kier molecular flexibility index (Phi) is 4.01. The SMILES string of the molecule is Cc1ccnc(-n2cccc2C2CC(=O)Nc3c2c(-c2ccccn2)nn3C)c1. The second kappa shape index (κ2) is 6.70. The number of hydrogen-bond donors (Lipinski definition) is 1. The Balaban J connectivity index is 1.70. The minimum absolute atomic E-state index is 0.0250. The van der Waals surface area contributed by atoms with Gasteiger partial charge in [0.25, 0.3) is 0 Å². The van der Waals surface area contributed by atoms with Crippen LogP contribution in [0.2, 0.25) is 0 Å². The number of hydrogen-bond acceptors (Lipinski definition) is 4. The summed E-state index contributed by atoms with van der Waals surface area (Å²) in [5.41, 5.74) is 4.70. The molecule has 5 rings (SSSR count). The average Bonchev–Trinajstić information content (AvgIpc) is 3.34. The van der Waals surface area contributed by atoms with Gasteiger partial charge in [0.1, 0.15) is 17.3 Å². The molecule has 0 aromatic carbocycles. The first-order chi connectivity index (χ1) is 14.1. The van der Waals surface area contributed by atoms with Crippen molar-refractivity contribution in [3.8, 4) is 17.2 Å². The maximum Gasteiger partial charge on any atom is 0.226 e. The fourth-order valence-electron chi connectivity index (χ4n) is 3.97.